The largest absolute Gasteiger partial charge is 0.389 e. The summed E-state index contributed by atoms with van der Waals surface area (Å²) in [4.78, 5) is 0. The lowest BCUT2D eigenvalue weighted by molar-refractivity contribution is 0.297. The van der Waals surface area contributed by atoms with Gasteiger partial charge in [-0.05, 0) is 6.42 Å². The van der Waals surface area contributed by atoms with Gasteiger partial charge >= 0.3 is 0 Å². The zero-order chi connectivity index (χ0) is 5.70. The Balaban J connectivity index is 3.29. The van der Waals surface area contributed by atoms with E-state index in [1.165, 1.54) is 6.08 Å². The molecule has 0 fully saturated rings. The molecule has 0 atom stereocenters. The Labute approximate surface area is 42.5 Å². The Morgan fingerprint density at radius 3 is 2.57 bits per heavy atom. The van der Waals surface area contributed by atoms with Crippen molar-refractivity contribution in [2.45, 2.75) is 13.3 Å². The van der Waals surface area contributed by atoms with Crippen molar-refractivity contribution in [3.05, 3.63) is 11.9 Å². The molecule has 0 aromatic rings. The SMILES string of the molecule is CC/C=C(/F)CO. The molecule has 0 unspecified atom stereocenters. The fourth-order valence-electron chi connectivity index (χ4n) is 0.286. The summed E-state index contributed by atoms with van der Waals surface area (Å²) in [6.07, 6.45) is 1.99. The second kappa shape index (κ2) is 3.81. The van der Waals surface area contributed by atoms with Crippen LogP contribution in [0.3, 0.4) is 0 Å². The van der Waals surface area contributed by atoms with Crippen LogP contribution in [0.4, 0.5) is 4.39 Å². The zero-order valence-corrected chi connectivity index (χ0v) is 4.32. The molecule has 0 radical (unpaired) electrons. The van der Waals surface area contributed by atoms with Crippen molar-refractivity contribution in [2.24, 2.45) is 0 Å². The molecule has 0 aromatic heterocycles. The molecule has 0 aliphatic carbocycles. The predicted octanol–water partition coefficient (Wildman–Crippen LogP) is 1.24. The summed E-state index contributed by atoms with van der Waals surface area (Å²) in [5, 5.41) is 8.02. The van der Waals surface area contributed by atoms with Gasteiger partial charge in [0.1, 0.15) is 5.83 Å². The molecule has 0 rings (SSSR count). The van der Waals surface area contributed by atoms with Gasteiger partial charge in [0.15, 0.2) is 0 Å². The summed E-state index contributed by atoms with van der Waals surface area (Å²) >= 11 is 0. The average molecular weight is 104 g/mol. The summed E-state index contributed by atoms with van der Waals surface area (Å²) in [7, 11) is 0. The monoisotopic (exact) mass is 104 g/mol. The van der Waals surface area contributed by atoms with Crippen LogP contribution in [-0.4, -0.2) is 11.7 Å². The smallest absolute Gasteiger partial charge is 0.121 e. The van der Waals surface area contributed by atoms with Crippen molar-refractivity contribution in [3.8, 4) is 0 Å². The summed E-state index contributed by atoms with van der Waals surface area (Å²) in [5.41, 5.74) is 0. The maximum absolute atomic E-state index is 11.7. The molecule has 0 saturated carbocycles. The van der Waals surface area contributed by atoms with Crippen molar-refractivity contribution >= 4 is 0 Å². The number of rotatable bonds is 2. The third-order valence-corrected chi connectivity index (χ3v) is 0.577. The molecule has 0 aromatic carbocycles. The highest BCUT2D eigenvalue weighted by Crippen LogP contribution is 1.93. The van der Waals surface area contributed by atoms with Crippen LogP contribution in [-0.2, 0) is 0 Å². The van der Waals surface area contributed by atoms with E-state index in [1.54, 1.807) is 0 Å². The number of halogens is 1. The first-order valence-corrected chi connectivity index (χ1v) is 2.26. The number of hydrogen-bond acceptors (Lipinski definition) is 1. The van der Waals surface area contributed by atoms with Gasteiger partial charge in [-0.25, -0.2) is 4.39 Å². The van der Waals surface area contributed by atoms with Gasteiger partial charge in [-0.15, -0.1) is 0 Å². The van der Waals surface area contributed by atoms with Crippen LogP contribution >= 0.6 is 0 Å². The van der Waals surface area contributed by atoms with Gasteiger partial charge in [-0.1, -0.05) is 13.0 Å². The minimum atomic E-state index is -0.464. The highest BCUT2D eigenvalue weighted by atomic mass is 19.1. The molecule has 0 spiro atoms. The van der Waals surface area contributed by atoms with Crippen LogP contribution in [0, 0.1) is 0 Å². The Kier molecular flexibility index (Phi) is 3.61. The molecule has 7 heavy (non-hydrogen) atoms. The predicted molar refractivity (Wildman–Crippen MR) is 26.6 cm³/mol. The third-order valence-electron chi connectivity index (χ3n) is 0.577. The van der Waals surface area contributed by atoms with Crippen molar-refractivity contribution in [1.29, 1.82) is 0 Å². The Morgan fingerprint density at radius 2 is 2.43 bits per heavy atom. The molecule has 1 N–H and O–H groups in total. The second-order valence-corrected chi connectivity index (χ2v) is 1.22. The summed E-state index contributed by atoms with van der Waals surface area (Å²) in [5.74, 6) is -0.442. The number of aliphatic hydroxyl groups is 1. The van der Waals surface area contributed by atoms with E-state index in [0.717, 1.165) is 0 Å². The molecule has 42 valence electrons. The second-order valence-electron chi connectivity index (χ2n) is 1.22. The van der Waals surface area contributed by atoms with Crippen molar-refractivity contribution < 1.29 is 9.50 Å². The van der Waals surface area contributed by atoms with E-state index >= 15 is 0 Å². The lowest BCUT2D eigenvalue weighted by Gasteiger charge is -1.83. The van der Waals surface area contributed by atoms with E-state index < -0.39 is 12.4 Å². The van der Waals surface area contributed by atoms with E-state index in [2.05, 4.69) is 0 Å². The molecule has 0 aliphatic heterocycles. The Bertz CT molecular complexity index is 68.5. The Morgan fingerprint density at radius 1 is 1.86 bits per heavy atom. The van der Waals surface area contributed by atoms with Crippen molar-refractivity contribution in [1.82, 2.24) is 0 Å². The maximum atomic E-state index is 11.7. The van der Waals surface area contributed by atoms with Gasteiger partial charge in [0.25, 0.3) is 0 Å². The van der Waals surface area contributed by atoms with E-state index in [-0.39, 0.29) is 0 Å². The third kappa shape index (κ3) is 3.46. The lowest BCUT2D eigenvalue weighted by atomic mass is 10.4. The Hall–Kier alpha value is -0.370. The molecule has 1 nitrogen and oxygen atoms in total. The van der Waals surface area contributed by atoms with Gasteiger partial charge in [0, 0.05) is 0 Å². The molecule has 2 heteroatoms. The molecule has 0 bridgehead atoms. The van der Waals surface area contributed by atoms with Crippen molar-refractivity contribution in [3.63, 3.8) is 0 Å². The highest BCUT2D eigenvalue weighted by molar-refractivity contribution is 4.89. The minimum Gasteiger partial charge on any atom is -0.389 e. The van der Waals surface area contributed by atoms with Crippen LogP contribution in [0.1, 0.15) is 13.3 Å². The first-order valence-electron chi connectivity index (χ1n) is 2.26. The van der Waals surface area contributed by atoms with Gasteiger partial charge in [-0.2, -0.15) is 0 Å². The van der Waals surface area contributed by atoms with E-state index in [4.69, 9.17) is 5.11 Å². The fraction of sp³-hybridized carbons (Fsp3) is 0.600. The molecule has 0 aliphatic rings. The lowest BCUT2D eigenvalue weighted by Crippen LogP contribution is -1.79. The van der Waals surface area contributed by atoms with Crippen LogP contribution in [0.2, 0.25) is 0 Å². The van der Waals surface area contributed by atoms with E-state index in [9.17, 15) is 4.39 Å². The van der Waals surface area contributed by atoms with Crippen LogP contribution in [0.15, 0.2) is 11.9 Å². The van der Waals surface area contributed by atoms with E-state index in [1.807, 2.05) is 6.92 Å². The van der Waals surface area contributed by atoms with Gasteiger partial charge in [-0.3, -0.25) is 0 Å². The average Bonchev–Trinajstić information content (AvgIpc) is 1.68. The van der Waals surface area contributed by atoms with Crippen molar-refractivity contribution in [2.75, 3.05) is 6.61 Å². The molecule has 0 amide bonds. The first-order chi connectivity index (χ1) is 3.31. The highest BCUT2D eigenvalue weighted by Gasteiger charge is 1.83. The van der Waals surface area contributed by atoms with Gasteiger partial charge in [0.05, 0.1) is 6.61 Å². The molecular formula is C5H9FO. The molecular weight excluding hydrogens is 95.1 g/mol. The standard InChI is InChI=1S/C5H9FO/c1-2-3-5(6)4-7/h3,7H,2,4H2,1H3/b5-3+. The number of hydrogen-bond donors (Lipinski definition) is 1. The number of allylic oxidation sites excluding steroid dienone is 1. The zero-order valence-electron chi connectivity index (χ0n) is 4.32. The van der Waals surface area contributed by atoms with Gasteiger partial charge < -0.3 is 5.11 Å². The first kappa shape index (κ1) is 6.63. The quantitative estimate of drug-likeness (QED) is 0.558. The van der Waals surface area contributed by atoms with Gasteiger partial charge in [0.2, 0.25) is 0 Å². The summed E-state index contributed by atoms with van der Waals surface area (Å²) < 4.78 is 11.7. The normalized spacial score (nSPS) is 12.1. The van der Waals surface area contributed by atoms with Crippen LogP contribution in [0.5, 0.6) is 0 Å². The minimum absolute atomic E-state index is 0.442. The van der Waals surface area contributed by atoms with Crippen LogP contribution < -0.4 is 0 Å². The summed E-state index contributed by atoms with van der Waals surface area (Å²) in [6, 6.07) is 0. The maximum Gasteiger partial charge on any atom is 0.121 e. The topological polar surface area (TPSA) is 20.2 Å². The fourth-order valence-corrected chi connectivity index (χ4v) is 0.286. The number of aliphatic hydroxyl groups excluding tert-OH is 1. The summed E-state index contributed by atoms with van der Waals surface area (Å²) in [6.45, 7) is 1.35. The molecule has 0 heterocycles. The van der Waals surface area contributed by atoms with E-state index in [0.29, 0.717) is 6.42 Å². The molecule has 0 saturated heterocycles. The van der Waals surface area contributed by atoms with Crippen LogP contribution in [0.25, 0.3) is 0 Å².